The van der Waals surface area contributed by atoms with E-state index in [1.807, 2.05) is 25.1 Å². The van der Waals surface area contributed by atoms with Gasteiger partial charge in [0.25, 0.3) is 0 Å². The average molecular weight is 693 g/mol. The van der Waals surface area contributed by atoms with Crippen LogP contribution in [0.25, 0.3) is 0 Å². The van der Waals surface area contributed by atoms with E-state index in [1.165, 1.54) is 5.57 Å². The van der Waals surface area contributed by atoms with Crippen LogP contribution in [0.4, 0.5) is 0 Å². The molecular formula is C20H24I3O3-. The van der Waals surface area contributed by atoms with Gasteiger partial charge in [-0.2, -0.15) is 0 Å². The summed E-state index contributed by atoms with van der Waals surface area (Å²) in [7, 11) is 1.64. The molecule has 0 unspecified atom stereocenters. The minimum atomic E-state index is -0.885. The molecule has 0 saturated heterocycles. The quantitative estimate of drug-likeness (QED) is 0.178. The molecule has 26 heavy (non-hydrogen) atoms. The van der Waals surface area contributed by atoms with E-state index in [4.69, 9.17) is 4.74 Å². The molecule has 0 saturated carbocycles. The number of allylic oxidation sites excluding steroid dienone is 5. The number of carbonyl (C=O) groups is 1. The number of hydrogen-bond donors (Lipinski definition) is 1. The normalized spacial score (nSPS) is 12.0. The van der Waals surface area contributed by atoms with Gasteiger partial charge in [0.2, 0.25) is 0 Å². The van der Waals surface area contributed by atoms with Crippen LogP contribution in [0.2, 0.25) is 0 Å². The Morgan fingerprint density at radius 2 is 2.15 bits per heavy atom. The number of halogens is 3. The monoisotopic (exact) mass is 693 g/mol. The number of methoxy groups -OCH3 is 1. The van der Waals surface area contributed by atoms with Gasteiger partial charge in [-0.15, -0.1) is 0 Å². The second kappa shape index (κ2) is 12.4. The summed E-state index contributed by atoms with van der Waals surface area (Å²) < 4.78 is 7.51. The minimum absolute atomic E-state index is 0.188. The van der Waals surface area contributed by atoms with E-state index in [9.17, 15) is 9.90 Å². The molecule has 0 atom stereocenters. The fourth-order valence-corrected chi connectivity index (χ4v) is 7.42. The zero-order valence-corrected chi connectivity index (χ0v) is 21.7. The van der Waals surface area contributed by atoms with Crippen LogP contribution in [0.5, 0.6) is 5.75 Å². The van der Waals surface area contributed by atoms with Crippen molar-refractivity contribution in [3.8, 4) is 5.75 Å². The van der Waals surface area contributed by atoms with E-state index in [0.29, 0.717) is 18.4 Å². The van der Waals surface area contributed by atoms with Crippen LogP contribution in [0, 0.1) is 3.57 Å². The van der Waals surface area contributed by atoms with Crippen molar-refractivity contribution in [1.82, 2.24) is 0 Å². The molecule has 0 aliphatic carbocycles. The van der Waals surface area contributed by atoms with Crippen molar-refractivity contribution in [2.75, 3.05) is 11.5 Å². The average Bonchev–Trinajstić information content (AvgIpc) is 2.58. The Kier molecular flexibility index (Phi) is 11.4. The van der Waals surface area contributed by atoms with Crippen LogP contribution in [0.15, 0.2) is 42.0 Å². The Morgan fingerprint density at radius 3 is 2.69 bits per heavy atom. The number of carboxylic acids is 1. The summed E-state index contributed by atoms with van der Waals surface area (Å²) in [5.41, 5.74) is 4.48. The number of aromatic carboxylic acids is 1. The van der Waals surface area contributed by atoms with Gasteiger partial charge >= 0.3 is 179 Å². The molecule has 0 aromatic heterocycles. The van der Waals surface area contributed by atoms with Gasteiger partial charge in [0.05, 0.1) is 0 Å². The molecule has 0 heterocycles. The molecule has 1 rings (SSSR count). The summed E-state index contributed by atoms with van der Waals surface area (Å²) in [5.74, 6) is -0.122. The van der Waals surface area contributed by atoms with Crippen molar-refractivity contribution in [1.29, 1.82) is 0 Å². The molecule has 1 N–H and O–H groups in total. The fourth-order valence-electron chi connectivity index (χ4n) is 2.54. The Hall–Kier alpha value is -0.100. The molecule has 0 fully saturated rings. The fraction of sp³-hybridized carbons (Fsp3) is 0.350. The van der Waals surface area contributed by atoms with Crippen LogP contribution in [0.3, 0.4) is 0 Å². The van der Waals surface area contributed by atoms with E-state index in [1.54, 1.807) is 7.11 Å². The van der Waals surface area contributed by atoms with Gasteiger partial charge in [0.15, 0.2) is 0 Å². The molecule has 3 nitrogen and oxygen atoms in total. The van der Waals surface area contributed by atoms with E-state index >= 15 is 0 Å². The predicted molar refractivity (Wildman–Crippen MR) is 121 cm³/mol. The summed E-state index contributed by atoms with van der Waals surface area (Å²) in [6.07, 6.45) is 8.14. The van der Waals surface area contributed by atoms with E-state index < -0.39 is 5.97 Å². The summed E-state index contributed by atoms with van der Waals surface area (Å²) in [5, 5.41) is 9.77. The zero-order valence-electron chi connectivity index (χ0n) is 15.2. The van der Waals surface area contributed by atoms with Gasteiger partial charge in [-0.3, -0.25) is 0 Å². The van der Waals surface area contributed by atoms with Crippen molar-refractivity contribution in [2.45, 2.75) is 33.1 Å². The third kappa shape index (κ3) is 7.14. The molecular weight excluding hydrogens is 669 g/mol. The van der Waals surface area contributed by atoms with Crippen molar-refractivity contribution >= 4 is 47.2 Å². The molecule has 0 aliphatic rings. The molecule has 0 bridgehead atoms. The van der Waals surface area contributed by atoms with Crippen LogP contribution < -0.4 is 22.0 Å². The second-order valence-electron chi connectivity index (χ2n) is 5.86. The number of hydrogen-bond acceptors (Lipinski definition) is 2. The SMILES string of the molecule is C=C(/C=C\C)CCc1cc(OC)c(C/C=C(/C)C[I-]I)c(I)c1C(=O)O. The standard InChI is InChI=1S/C20H24I3O3/c1-5-6-13(2)7-9-15-11-17(26-4)16(10-8-14(3)12-23-22)19(21)18(15)20(24)25/h5-6,8,11H,2,7,9-10,12H2,1,3-4H3,(H,24,25)/q-1/b6-5-,14-8-. The van der Waals surface area contributed by atoms with Gasteiger partial charge in [-0.1, -0.05) is 6.08 Å². The first-order valence-electron chi connectivity index (χ1n) is 8.13. The predicted octanol–water partition coefficient (Wildman–Crippen LogP) is 2.99. The summed E-state index contributed by atoms with van der Waals surface area (Å²) in [6.45, 7) is 8.09. The Balaban J connectivity index is 3.29. The Morgan fingerprint density at radius 1 is 1.46 bits per heavy atom. The topological polar surface area (TPSA) is 46.5 Å². The van der Waals surface area contributed by atoms with E-state index in [2.05, 4.69) is 60.8 Å². The first-order valence-corrected chi connectivity index (χ1v) is 17.0. The van der Waals surface area contributed by atoms with E-state index in [-0.39, 0.29) is 17.2 Å². The van der Waals surface area contributed by atoms with Crippen molar-refractivity contribution in [3.63, 3.8) is 0 Å². The number of ether oxygens (including phenoxy) is 1. The number of rotatable bonds is 10. The van der Waals surface area contributed by atoms with Crippen LogP contribution >= 0.6 is 41.2 Å². The van der Waals surface area contributed by atoms with E-state index in [0.717, 1.165) is 36.9 Å². The molecule has 0 aliphatic heterocycles. The first kappa shape index (κ1) is 23.9. The summed E-state index contributed by atoms with van der Waals surface area (Å²) in [4.78, 5) is 11.9. The summed E-state index contributed by atoms with van der Waals surface area (Å²) in [6, 6.07) is 1.89. The molecule has 0 radical (unpaired) electrons. The maximum absolute atomic E-state index is 11.9. The Bertz CT molecular complexity index is 722. The molecule has 6 heteroatoms. The van der Waals surface area contributed by atoms with Crippen LogP contribution in [0.1, 0.15) is 41.8 Å². The van der Waals surface area contributed by atoms with Gasteiger partial charge in [0, 0.05) is 0 Å². The van der Waals surface area contributed by atoms with Crippen molar-refractivity contribution < 1.29 is 31.9 Å². The van der Waals surface area contributed by atoms with Crippen molar-refractivity contribution in [2.24, 2.45) is 0 Å². The molecule has 144 valence electrons. The second-order valence-corrected chi connectivity index (χ2v) is 12.1. The van der Waals surface area contributed by atoms with Gasteiger partial charge < -0.3 is 0 Å². The van der Waals surface area contributed by atoms with Gasteiger partial charge in [0.1, 0.15) is 0 Å². The third-order valence-corrected chi connectivity index (χ3v) is 8.49. The molecule has 1 aromatic carbocycles. The van der Waals surface area contributed by atoms with Gasteiger partial charge in [-0.25, -0.2) is 0 Å². The molecule has 0 amide bonds. The molecule has 1 aromatic rings. The molecule has 0 spiro atoms. The summed E-state index contributed by atoms with van der Waals surface area (Å²) >= 11 is 4.81. The zero-order chi connectivity index (χ0) is 19.7. The number of carboxylic acid groups (broad SMARTS) is 1. The number of benzene rings is 1. The number of alkyl halides is 1. The Labute approximate surface area is 189 Å². The van der Waals surface area contributed by atoms with Crippen LogP contribution in [-0.4, -0.2) is 22.6 Å². The van der Waals surface area contributed by atoms with Crippen molar-refractivity contribution in [3.05, 3.63) is 62.3 Å². The maximum atomic E-state index is 11.9. The number of aryl methyl sites for hydroxylation is 1. The third-order valence-electron chi connectivity index (χ3n) is 3.88. The van der Waals surface area contributed by atoms with Crippen LogP contribution in [-0.2, 0) is 12.8 Å². The van der Waals surface area contributed by atoms with Gasteiger partial charge in [-0.05, 0) is 6.92 Å². The first-order chi connectivity index (χ1) is 12.3.